The Hall–Kier alpha value is -1.10. The molecule has 0 radical (unpaired) electrons. The summed E-state index contributed by atoms with van der Waals surface area (Å²) in [4.78, 5) is 23.7. The van der Waals surface area contributed by atoms with Crippen LogP contribution in [0.15, 0.2) is 18.2 Å². The number of rotatable bonds is 3. The van der Waals surface area contributed by atoms with Crippen molar-refractivity contribution in [2.24, 2.45) is 0 Å². The Morgan fingerprint density at radius 1 is 1.19 bits per heavy atom. The highest BCUT2D eigenvalue weighted by Gasteiger charge is 2.59. The van der Waals surface area contributed by atoms with Crippen molar-refractivity contribution in [3.05, 3.63) is 34.3 Å². The zero-order valence-corrected chi connectivity index (χ0v) is 17.3. The molecular weight excluding hydrogens is 445 g/mol. The number of fused-ring (bicyclic) bond motifs is 3. The van der Waals surface area contributed by atoms with Crippen LogP contribution < -0.4 is 0 Å². The molecular formula is C15H16Cl3NO7S. The highest BCUT2D eigenvalue weighted by molar-refractivity contribution is 7.84. The van der Waals surface area contributed by atoms with Gasteiger partial charge in [0, 0.05) is 5.02 Å². The van der Waals surface area contributed by atoms with Gasteiger partial charge in [-0.3, -0.25) is 4.79 Å². The molecule has 0 bridgehead atoms. The second-order valence-corrected chi connectivity index (χ2v) is 8.16. The molecule has 27 heavy (non-hydrogen) atoms. The van der Waals surface area contributed by atoms with E-state index in [1.807, 2.05) is 0 Å². The lowest BCUT2D eigenvalue weighted by Gasteiger charge is -2.20. The van der Waals surface area contributed by atoms with Crippen molar-refractivity contribution >= 4 is 57.0 Å². The second-order valence-electron chi connectivity index (χ2n) is 5.44. The van der Waals surface area contributed by atoms with E-state index in [1.54, 1.807) is 18.2 Å². The molecule has 0 N–H and O–H groups in total. The number of hydrogen-bond acceptors (Lipinski definition) is 7. The molecule has 2 aliphatic rings. The van der Waals surface area contributed by atoms with Crippen LogP contribution in [0.25, 0.3) is 0 Å². The van der Waals surface area contributed by atoms with E-state index in [0.717, 1.165) is 11.4 Å². The number of ether oxygens (including phenoxy) is 2. The molecule has 3 atom stereocenters. The maximum atomic E-state index is 12.4. The Labute approximate surface area is 171 Å². The predicted molar refractivity (Wildman–Crippen MR) is 97.8 cm³/mol. The largest absolute Gasteiger partial charge is 0.469 e. The first-order valence-electron chi connectivity index (χ1n) is 7.49. The molecule has 0 saturated carbocycles. The third-order valence-corrected chi connectivity index (χ3v) is 5.78. The highest BCUT2D eigenvalue weighted by atomic mass is 35.5. The summed E-state index contributed by atoms with van der Waals surface area (Å²) in [5.41, 5.74) is 1.09. The van der Waals surface area contributed by atoms with E-state index in [-0.39, 0.29) is 11.8 Å². The summed E-state index contributed by atoms with van der Waals surface area (Å²) in [6.45, 7) is 0. The van der Waals surface area contributed by atoms with Crippen LogP contribution in [0.5, 0.6) is 0 Å². The minimum atomic E-state index is -4.23. The monoisotopic (exact) mass is 459 g/mol. The Morgan fingerprint density at radius 2 is 1.81 bits per heavy atom. The number of alkyl halides is 2. The molecule has 1 fully saturated rings. The van der Waals surface area contributed by atoms with Crippen LogP contribution in [0, 0.1) is 0 Å². The van der Waals surface area contributed by atoms with Crippen LogP contribution in [0.2, 0.25) is 5.02 Å². The first-order valence-corrected chi connectivity index (χ1v) is 10.3. The van der Waals surface area contributed by atoms with Crippen molar-refractivity contribution < 1.29 is 31.7 Å². The molecule has 2 heterocycles. The topological polar surface area (TPSA) is 99.2 Å². The fourth-order valence-electron chi connectivity index (χ4n) is 3.12. The summed E-state index contributed by atoms with van der Waals surface area (Å²) in [6, 6.07) is 3.01. The number of halogens is 3. The Bertz CT molecular complexity index is 833. The lowest BCUT2D eigenvalue weighted by molar-refractivity contribution is -0.149. The molecule has 12 heteroatoms. The average molecular weight is 461 g/mol. The van der Waals surface area contributed by atoms with E-state index in [0.29, 0.717) is 16.1 Å². The molecule has 0 amide bonds. The van der Waals surface area contributed by atoms with Gasteiger partial charge in [0.15, 0.2) is 6.10 Å². The van der Waals surface area contributed by atoms with Crippen molar-refractivity contribution in [3.8, 4) is 0 Å². The minimum absolute atomic E-state index is 0.194. The fourth-order valence-corrected chi connectivity index (χ4v) is 4.85. The SMILES string of the molecule is COC(=O)C[C@H]1c2ccc(Cl)cc2[C@@H]2[C@H](C(=O)OC)OS(=O)(=O)N21.ClCCl. The van der Waals surface area contributed by atoms with Crippen LogP contribution >= 0.6 is 34.8 Å². The molecule has 0 unspecified atom stereocenters. The summed E-state index contributed by atoms with van der Waals surface area (Å²) >= 11 is 15.5. The molecule has 2 aliphatic heterocycles. The van der Waals surface area contributed by atoms with E-state index in [4.69, 9.17) is 39.0 Å². The van der Waals surface area contributed by atoms with Crippen LogP contribution in [-0.2, 0) is 33.6 Å². The van der Waals surface area contributed by atoms with Gasteiger partial charge in [0.1, 0.15) is 0 Å². The summed E-state index contributed by atoms with van der Waals surface area (Å²) in [5.74, 6) is -1.41. The van der Waals surface area contributed by atoms with E-state index in [1.165, 1.54) is 7.11 Å². The first kappa shape index (κ1) is 22.2. The standard InChI is InChI=1S/C14H14ClNO7S.CH2Cl2/c1-21-11(17)6-10-8-4-3-7(15)5-9(8)12-13(14(18)22-2)23-24(19,20)16(10)12;2-1-3/h3-5,10,12-13H,6H2,1-2H3;1H2/t10-,12+,13+;/m0./s1. The maximum Gasteiger partial charge on any atom is 0.340 e. The molecule has 0 spiro atoms. The molecule has 1 aromatic rings. The lowest BCUT2D eigenvalue weighted by atomic mass is 9.98. The van der Waals surface area contributed by atoms with Gasteiger partial charge in [-0.2, -0.15) is 12.7 Å². The molecule has 8 nitrogen and oxygen atoms in total. The van der Waals surface area contributed by atoms with E-state index in [9.17, 15) is 18.0 Å². The highest BCUT2D eigenvalue weighted by Crippen LogP contribution is 2.52. The molecule has 1 saturated heterocycles. The van der Waals surface area contributed by atoms with Crippen LogP contribution in [0.3, 0.4) is 0 Å². The smallest absolute Gasteiger partial charge is 0.340 e. The third-order valence-electron chi connectivity index (χ3n) is 4.10. The Morgan fingerprint density at radius 3 is 2.37 bits per heavy atom. The number of esters is 2. The van der Waals surface area contributed by atoms with Crippen molar-refractivity contribution in [2.75, 3.05) is 19.6 Å². The van der Waals surface area contributed by atoms with E-state index >= 15 is 0 Å². The number of carbonyl (C=O) groups excluding carboxylic acids is 2. The van der Waals surface area contributed by atoms with Crippen molar-refractivity contribution in [2.45, 2.75) is 24.6 Å². The van der Waals surface area contributed by atoms with Gasteiger partial charge in [-0.15, -0.1) is 23.2 Å². The quantitative estimate of drug-likeness (QED) is 0.505. The van der Waals surface area contributed by atoms with Crippen molar-refractivity contribution in [3.63, 3.8) is 0 Å². The van der Waals surface area contributed by atoms with Gasteiger partial charge < -0.3 is 9.47 Å². The van der Waals surface area contributed by atoms with Crippen LogP contribution in [0.4, 0.5) is 0 Å². The zero-order valence-electron chi connectivity index (χ0n) is 14.2. The minimum Gasteiger partial charge on any atom is -0.469 e. The van der Waals surface area contributed by atoms with Crippen molar-refractivity contribution in [1.82, 2.24) is 4.31 Å². The van der Waals surface area contributed by atoms with Gasteiger partial charge in [0.05, 0.1) is 38.1 Å². The first-order chi connectivity index (χ1) is 12.7. The van der Waals surface area contributed by atoms with E-state index < -0.39 is 40.4 Å². The molecule has 3 rings (SSSR count). The second kappa shape index (κ2) is 8.93. The molecule has 1 aromatic carbocycles. The molecule has 150 valence electrons. The lowest BCUT2D eigenvalue weighted by Crippen LogP contribution is -2.31. The average Bonchev–Trinajstić information content (AvgIpc) is 3.08. The summed E-state index contributed by atoms with van der Waals surface area (Å²) in [5, 5.41) is 0.570. The Balaban J connectivity index is 0.000000817. The number of benzene rings is 1. The van der Waals surface area contributed by atoms with Gasteiger partial charge in [0.25, 0.3) is 0 Å². The number of carbonyl (C=O) groups is 2. The number of nitrogens with zero attached hydrogens (tertiary/aromatic N) is 1. The third kappa shape index (κ3) is 4.33. The normalized spacial score (nSPS) is 25.0. The fraction of sp³-hybridized carbons (Fsp3) is 0.467. The summed E-state index contributed by atoms with van der Waals surface area (Å²) in [6.07, 6.45) is -1.57. The van der Waals surface area contributed by atoms with Gasteiger partial charge in [-0.05, 0) is 23.3 Å². The van der Waals surface area contributed by atoms with Gasteiger partial charge in [0.2, 0.25) is 0 Å². The van der Waals surface area contributed by atoms with Gasteiger partial charge >= 0.3 is 22.2 Å². The number of hydrogen-bond donors (Lipinski definition) is 0. The number of methoxy groups -OCH3 is 2. The van der Waals surface area contributed by atoms with E-state index in [2.05, 4.69) is 9.47 Å². The summed E-state index contributed by atoms with van der Waals surface area (Å²) in [7, 11) is -1.88. The zero-order chi connectivity index (χ0) is 20.4. The Kier molecular flexibility index (Phi) is 7.34. The van der Waals surface area contributed by atoms with Gasteiger partial charge in [-0.1, -0.05) is 17.7 Å². The molecule has 0 aromatic heterocycles. The summed E-state index contributed by atoms with van der Waals surface area (Å²) < 4.78 is 40.1. The van der Waals surface area contributed by atoms with Gasteiger partial charge in [-0.25, -0.2) is 8.98 Å². The maximum absolute atomic E-state index is 12.4. The predicted octanol–water partition coefficient (Wildman–Crippen LogP) is 2.54. The van der Waals surface area contributed by atoms with Crippen LogP contribution in [-0.4, -0.2) is 50.3 Å². The van der Waals surface area contributed by atoms with Crippen LogP contribution in [0.1, 0.15) is 29.6 Å². The van der Waals surface area contributed by atoms with Crippen molar-refractivity contribution in [1.29, 1.82) is 0 Å². The molecule has 0 aliphatic carbocycles.